The Labute approximate surface area is 180 Å². The number of carboxylic acid groups (broad SMARTS) is 1. The number of nitrogens with one attached hydrogen (secondary N) is 3. The quantitative estimate of drug-likeness (QED) is 0.513. The average Bonchev–Trinajstić information content (AvgIpc) is 3.19. The van der Waals surface area contributed by atoms with E-state index in [9.17, 15) is 27.9 Å². The number of alkyl carbamates (subject to hydrolysis) is 1. The third kappa shape index (κ3) is 5.98. The van der Waals surface area contributed by atoms with E-state index in [0.29, 0.717) is 24.3 Å². The number of aromatic amines is 1. The molecule has 0 spiro atoms. The lowest BCUT2D eigenvalue weighted by molar-refractivity contribution is -0.197. The van der Waals surface area contributed by atoms with Gasteiger partial charge in [0.05, 0.1) is 18.2 Å². The Morgan fingerprint density at radius 2 is 2.09 bits per heavy atom. The number of aliphatic carboxylic acids is 1. The molecule has 1 amide bonds. The average molecular weight is 457 g/mol. The number of nitrogens with zero attached hydrogens (tertiary/aromatic N) is 4. The molecule has 1 unspecified atom stereocenters. The van der Waals surface area contributed by atoms with Crippen molar-refractivity contribution in [3.63, 3.8) is 0 Å². The van der Waals surface area contributed by atoms with Crippen LogP contribution in [0.5, 0.6) is 0 Å². The van der Waals surface area contributed by atoms with Crippen molar-refractivity contribution in [2.45, 2.75) is 38.6 Å². The van der Waals surface area contributed by atoms with E-state index in [1.165, 1.54) is 0 Å². The Balaban J connectivity index is 1.75. The molecule has 3 heterocycles. The Hall–Kier alpha value is -3.58. The van der Waals surface area contributed by atoms with Crippen LogP contribution in [0.3, 0.4) is 0 Å². The van der Waals surface area contributed by atoms with Gasteiger partial charge in [-0.05, 0) is 20.3 Å². The van der Waals surface area contributed by atoms with Gasteiger partial charge in [-0.1, -0.05) is 0 Å². The number of anilines is 3. The largest absolute Gasteiger partial charge is 0.481 e. The van der Waals surface area contributed by atoms with Gasteiger partial charge in [-0.15, -0.1) is 0 Å². The highest BCUT2D eigenvalue weighted by atomic mass is 19.4. The van der Waals surface area contributed by atoms with Crippen molar-refractivity contribution < 1.29 is 32.6 Å². The van der Waals surface area contributed by atoms with E-state index in [1.807, 2.05) is 0 Å². The summed E-state index contributed by atoms with van der Waals surface area (Å²) in [5, 5.41) is 21.4. The summed E-state index contributed by atoms with van der Waals surface area (Å²) in [4.78, 5) is 33.8. The number of alkyl halides is 3. The highest BCUT2D eigenvalue weighted by Gasteiger charge is 2.40. The van der Waals surface area contributed by atoms with Crippen LogP contribution < -0.4 is 15.5 Å². The maximum absolute atomic E-state index is 12.6. The zero-order valence-corrected chi connectivity index (χ0v) is 17.2. The van der Waals surface area contributed by atoms with Crippen molar-refractivity contribution in [1.82, 2.24) is 25.5 Å². The SMILES string of the molecule is Cc1cc(Nc2ccn[nH]2)nc(N2CC(C(=O)O)C[C@@H](NC(=O)O[C@@H](C)C(F)(F)F)C2)n1. The van der Waals surface area contributed by atoms with Crippen LogP contribution in [-0.4, -0.2) is 68.7 Å². The van der Waals surface area contributed by atoms with Crippen LogP contribution in [-0.2, 0) is 9.53 Å². The molecule has 1 saturated heterocycles. The van der Waals surface area contributed by atoms with Crippen LogP contribution in [0.1, 0.15) is 19.0 Å². The fourth-order valence-corrected chi connectivity index (χ4v) is 3.20. The van der Waals surface area contributed by atoms with Gasteiger partial charge in [0.2, 0.25) is 5.95 Å². The summed E-state index contributed by atoms with van der Waals surface area (Å²) in [6.07, 6.45) is -6.71. The van der Waals surface area contributed by atoms with Gasteiger partial charge in [0.25, 0.3) is 0 Å². The molecule has 0 radical (unpaired) electrons. The minimum atomic E-state index is -4.70. The zero-order chi connectivity index (χ0) is 23.5. The van der Waals surface area contributed by atoms with Crippen molar-refractivity contribution in [3.8, 4) is 0 Å². The van der Waals surface area contributed by atoms with E-state index in [1.54, 1.807) is 30.2 Å². The van der Waals surface area contributed by atoms with Crippen molar-refractivity contribution in [2.24, 2.45) is 5.92 Å². The van der Waals surface area contributed by atoms with Gasteiger partial charge in [0, 0.05) is 30.9 Å². The highest BCUT2D eigenvalue weighted by Crippen LogP contribution is 2.25. The van der Waals surface area contributed by atoms with Crippen LogP contribution in [0.25, 0.3) is 0 Å². The molecule has 0 saturated carbocycles. The number of halogens is 3. The fraction of sp³-hybridized carbons (Fsp3) is 0.500. The van der Waals surface area contributed by atoms with E-state index in [0.717, 1.165) is 0 Å². The Morgan fingerprint density at radius 3 is 2.72 bits per heavy atom. The van der Waals surface area contributed by atoms with E-state index in [4.69, 9.17) is 0 Å². The van der Waals surface area contributed by atoms with Gasteiger partial charge in [0.1, 0.15) is 11.6 Å². The van der Waals surface area contributed by atoms with Crippen LogP contribution in [0, 0.1) is 12.8 Å². The van der Waals surface area contributed by atoms with Gasteiger partial charge in [-0.3, -0.25) is 9.89 Å². The van der Waals surface area contributed by atoms with Crippen molar-refractivity contribution in [1.29, 1.82) is 0 Å². The molecule has 0 bridgehead atoms. The first kappa shape index (κ1) is 23.1. The number of piperidine rings is 1. The summed E-state index contributed by atoms with van der Waals surface area (Å²) in [6, 6.07) is 2.58. The first-order chi connectivity index (χ1) is 15.0. The van der Waals surface area contributed by atoms with Gasteiger partial charge in [-0.2, -0.15) is 23.3 Å². The normalized spacial score (nSPS) is 19.8. The van der Waals surface area contributed by atoms with Gasteiger partial charge in [0.15, 0.2) is 6.10 Å². The molecule has 2 aromatic heterocycles. The summed E-state index contributed by atoms with van der Waals surface area (Å²) in [7, 11) is 0. The van der Waals surface area contributed by atoms with Crippen molar-refractivity contribution >= 4 is 29.6 Å². The lowest BCUT2D eigenvalue weighted by atomic mass is 9.94. The Bertz CT molecular complexity index is 955. The Kier molecular flexibility index (Phi) is 6.69. The number of carbonyl (C=O) groups is 2. The van der Waals surface area contributed by atoms with Gasteiger partial charge in [-0.25, -0.2) is 9.78 Å². The van der Waals surface area contributed by atoms with Gasteiger partial charge < -0.3 is 25.4 Å². The first-order valence-corrected chi connectivity index (χ1v) is 9.65. The number of carboxylic acids is 1. The molecule has 11 nitrogen and oxygen atoms in total. The molecule has 0 aromatic carbocycles. The van der Waals surface area contributed by atoms with Crippen molar-refractivity contribution in [3.05, 3.63) is 24.0 Å². The minimum absolute atomic E-state index is 0.0202. The van der Waals surface area contributed by atoms with Crippen LogP contribution in [0.2, 0.25) is 0 Å². The number of aryl methyl sites for hydroxylation is 1. The second kappa shape index (κ2) is 9.28. The second-order valence-corrected chi connectivity index (χ2v) is 7.40. The molecule has 2 aromatic rings. The molecule has 4 N–H and O–H groups in total. The molecule has 1 aliphatic heterocycles. The highest BCUT2D eigenvalue weighted by molar-refractivity contribution is 5.72. The molecule has 0 aliphatic carbocycles. The summed E-state index contributed by atoms with van der Waals surface area (Å²) in [5.74, 6) is -0.791. The summed E-state index contributed by atoms with van der Waals surface area (Å²) < 4.78 is 42.3. The number of hydrogen-bond acceptors (Lipinski definition) is 8. The molecule has 32 heavy (non-hydrogen) atoms. The third-order valence-corrected chi connectivity index (χ3v) is 4.76. The predicted molar refractivity (Wildman–Crippen MR) is 106 cm³/mol. The number of hydrogen-bond donors (Lipinski definition) is 4. The fourth-order valence-electron chi connectivity index (χ4n) is 3.20. The molecular weight excluding hydrogens is 435 g/mol. The van der Waals surface area contributed by atoms with Crippen LogP contribution in [0.15, 0.2) is 18.3 Å². The minimum Gasteiger partial charge on any atom is -0.481 e. The molecule has 3 rings (SSSR count). The molecular formula is C18H22F3N7O4. The van der Waals surface area contributed by atoms with E-state index < -0.39 is 36.3 Å². The van der Waals surface area contributed by atoms with Crippen LogP contribution in [0.4, 0.5) is 35.5 Å². The number of aromatic nitrogens is 4. The summed E-state index contributed by atoms with van der Waals surface area (Å²) in [6.45, 7) is 2.59. The first-order valence-electron chi connectivity index (χ1n) is 9.65. The number of carbonyl (C=O) groups excluding carboxylic acids is 1. The van der Waals surface area contributed by atoms with E-state index >= 15 is 0 Å². The van der Waals surface area contributed by atoms with E-state index in [-0.39, 0.29) is 25.5 Å². The van der Waals surface area contributed by atoms with Crippen LogP contribution >= 0.6 is 0 Å². The zero-order valence-electron chi connectivity index (χ0n) is 17.2. The monoisotopic (exact) mass is 457 g/mol. The Morgan fingerprint density at radius 1 is 1.34 bits per heavy atom. The van der Waals surface area contributed by atoms with Gasteiger partial charge >= 0.3 is 18.2 Å². The number of amides is 1. The lowest BCUT2D eigenvalue weighted by Gasteiger charge is -2.36. The molecule has 1 aliphatic rings. The summed E-state index contributed by atoms with van der Waals surface area (Å²) in [5.41, 5.74) is 0.595. The topological polar surface area (TPSA) is 145 Å². The molecule has 3 atom stereocenters. The van der Waals surface area contributed by atoms with Crippen molar-refractivity contribution in [2.75, 3.05) is 23.3 Å². The molecule has 1 fully saturated rings. The third-order valence-electron chi connectivity index (χ3n) is 4.76. The maximum Gasteiger partial charge on any atom is 0.425 e. The molecule has 14 heteroatoms. The predicted octanol–water partition coefficient (Wildman–Crippen LogP) is 2.21. The standard InChI is InChI=1S/C18H22F3N7O4/c1-9-5-14(25-13-3-4-22-27-13)26-16(23-9)28-7-11(15(29)30)6-12(8-28)24-17(31)32-10(2)18(19,20)21/h3-5,10-12H,6-8H2,1-2H3,(H,24,31)(H,29,30)(H2,22,23,25,26,27)/t10-,11?,12+/m0/s1. The summed E-state index contributed by atoms with van der Waals surface area (Å²) >= 11 is 0. The second-order valence-electron chi connectivity index (χ2n) is 7.40. The smallest absolute Gasteiger partial charge is 0.425 e. The molecule has 174 valence electrons. The lowest BCUT2D eigenvalue weighted by Crippen LogP contribution is -2.53. The maximum atomic E-state index is 12.6. The number of rotatable bonds is 6. The van der Waals surface area contributed by atoms with E-state index in [2.05, 4.69) is 35.5 Å². The number of H-pyrrole nitrogens is 1. The number of ether oxygens (including phenoxy) is 1.